The van der Waals surface area contributed by atoms with Crippen LogP contribution in [0.4, 0.5) is 11.8 Å². The average Bonchev–Trinajstić information content (AvgIpc) is 2.64. The van der Waals surface area contributed by atoms with Gasteiger partial charge < -0.3 is 19.7 Å². The normalized spacial score (nSPS) is 10.3. The van der Waals surface area contributed by atoms with E-state index in [0.717, 1.165) is 48.2 Å². The van der Waals surface area contributed by atoms with Crippen LogP contribution < -0.4 is 19.7 Å². The molecule has 0 radical (unpaired) electrons. The highest BCUT2D eigenvalue weighted by molar-refractivity contribution is 5.45. The molecule has 6 nitrogen and oxygen atoms in total. The summed E-state index contributed by atoms with van der Waals surface area (Å²) < 4.78 is 10.6. The Morgan fingerprint density at radius 1 is 1.12 bits per heavy atom. The molecule has 0 aliphatic rings. The summed E-state index contributed by atoms with van der Waals surface area (Å²) in [4.78, 5) is 11.0. The zero-order valence-corrected chi connectivity index (χ0v) is 14.9. The molecule has 0 saturated heterocycles. The SMILES string of the molecule is CCCCN(C)c1nccc(NCc2ccc(OC)c(OC)c2)n1. The first-order valence-electron chi connectivity index (χ1n) is 8.17. The highest BCUT2D eigenvalue weighted by Crippen LogP contribution is 2.27. The summed E-state index contributed by atoms with van der Waals surface area (Å²) in [6, 6.07) is 7.74. The van der Waals surface area contributed by atoms with Gasteiger partial charge in [0.05, 0.1) is 14.2 Å². The number of hydrogen-bond acceptors (Lipinski definition) is 6. The molecule has 0 amide bonds. The van der Waals surface area contributed by atoms with Gasteiger partial charge in [-0.3, -0.25) is 0 Å². The van der Waals surface area contributed by atoms with Gasteiger partial charge in [0.15, 0.2) is 11.5 Å². The first kappa shape index (κ1) is 17.8. The number of benzene rings is 1. The molecule has 1 N–H and O–H groups in total. The van der Waals surface area contributed by atoms with E-state index in [2.05, 4.69) is 27.1 Å². The van der Waals surface area contributed by atoms with Gasteiger partial charge in [-0.05, 0) is 30.2 Å². The first-order valence-corrected chi connectivity index (χ1v) is 8.17. The van der Waals surface area contributed by atoms with Crippen molar-refractivity contribution >= 4 is 11.8 Å². The van der Waals surface area contributed by atoms with Gasteiger partial charge in [-0.1, -0.05) is 19.4 Å². The molecular formula is C18H26N4O2. The van der Waals surface area contributed by atoms with E-state index in [4.69, 9.17) is 9.47 Å². The molecule has 130 valence electrons. The number of aromatic nitrogens is 2. The van der Waals surface area contributed by atoms with E-state index >= 15 is 0 Å². The van der Waals surface area contributed by atoms with Crippen LogP contribution in [-0.4, -0.2) is 37.8 Å². The first-order chi connectivity index (χ1) is 11.7. The lowest BCUT2D eigenvalue weighted by Gasteiger charge is -2.17. The predicted molar refractivity (Wildman–Crippen MR) is 97.1 cm³/mol. The monoisotopic (exact) mass is 330 g/mol. The van der Waals surface area contributed by atoms with Crippen LogP contribution >= 0.6 is 0 Å². The highest BCUT2D eigenvalue weighted by atomic mass is 16.5. The smallest absolute Gasteiger partial charge is 0.226 e. The van der Waals surface area contributed by atoms with Crippen LogP contribution in [0.2, 0.25) is 0 Å². The fourth-order valence-corrected chi connectivity index (χ4v) is 2.31. The van der Waals surface area contributed by atoms with Crippen LogP contribution in [-0.2, 0) is 6.54 Å². The number of ether oxygens (including phenoxy) is 2. The summed E-state index contributed by atoms with van der Waals surface area (Å²) in [6.07, 6.45) is 4.06. The molecule has 0 spiro atoms. The predicted octanol–water partition coefficient (Wildman–Crippen LogP) is 3.34. The van der Waals surface area contributed by atoms with Crippen molar-refractivity contribution in [3.63, 3.8) is 0 Å². The Morgan fingerprint density at radius 2 is 1.92 bits per heavy atom. The maximum atomic E-state index is 5.33. The van der Waals surface area contributed by atoms with Crippen molar-refractivity contribution in [1.82, 2.24) is 9.97 Å². The molecule has 2 rings (SSSR count). The third kappa shape index (κ3) is 4.75. The van der Waals surface area contributed by atoms with Crippen LogP contribution in [0.5, 0.6) is 11.5 Å². The maximum absolute atomic E-state index is 5.33. The lowest BCUT2D eigenvalue weighted by molar-refractivity contribution is 0.354. The summed E-state index contributed by atoms with van der Waals surface area (Å²) in [5.41, 5.74) is 1.09. The van der Waals surface area contributed by atoms with Crippen molar-refractivity contribution in [3.05, 3.63) is 36.0 Å². The molecule has 24 heavy (non-hydrogen) atoms. The zero-order chi connectivity index (χ0) is 17.4. The Balaban J connectivity index is 2.01. The van der Waals surface area contributed by atoms with Crippen molar-refractivity contribution in [3.8, 4) is 11.5 Å². The molecule has 2 aromatic rings. The third-order valence-corrected chi connectivity index (χ3v) is 3.75. The summed E-state index contributed by atoms with van der Waals surface area (Å²) >= 11 is 0. The summed E-state index contributed by atoms with van der Waals surface area (Å²) in [7, 11) is 5.29. The Bertz CT molecular complexity index is 649. The molecule has 0 saturated carbocycles. The number of nitrogens with one attached hydrogen (secondary N) is 1. The minimum absolute atomic E-state index is 0.648. The Kier molecular flexibility index (Phi) is 6.66. The molecule has 0 unspecified atom stereocenters. The Labute approximate surface area is 143 Å². The van der Waals surface area contributed by atoms with Crippen LogP contribution in [0.15, 0.2) is 30.5 Å². The van der Waals surface area contributed by atoms with E-state index in [0.29, 0.717) is 6.54 Å². The van der Waals surface area contributed by atoms with Gasteiger partial charge >= 0.3 is 0 Å². The number of unbranched alkanes of at least 4 members (excludes halogenated alkanes) is 1. The number of hydrogen-bond donors (Lipinski definition) is 1. The topological polar surface area (TPSA) is 59.5 Å². The fourth-order valence-electron chi connectivity index (χ4n) is 2.31. The van der Waals surface area contributed by atoms with Crippen molar-refractivity contribution in [2.24, 2.45) is 0 Å². The minimum atomic E-state index is 0.648. The van der Waals surface area contributed by atoms with E-state index in [1.165, 1.54) is 0 Å². The number of methoxy groups -OCH3 is 2. The molecule has 6 heteroatoms. The largest absolute Gasteiger partial charge is 0.493 e. The van der Waals surface area contributed by atoms with Gasteiger partial charge in [0.1, 0.15) is 5.82 Å². The molecular weight excluding hydrogens is 304 g/mol. The molecule has 0 bridgehead atoms. The fraction of sp³-hybridized carbons (Fsp3) is 0.444. The van der Waals surface area contributed by atoms with Crippen LogP contribution in [0.25, 0.3) is 0 Å². The van der Waals surface area contributed by atoms with Gasteiger partial charge in [-0.25, -0.2) is 4.98 Å². The van der Waals surface area contributed by atoms with E-state index < -0.39 is 0 Å². The zero-order valence-electron chi connectivity index (χ0n) is 14.9. The number of nitrogens with zero attached hydrogens (tertiary/aromatic N) is 3. The minimum Gasteiger partial charge on any atom is -0.493 e. The molecule has 1 aromatic carbocycles. The highest BCUT2D eigenvalue weighted by Gasteiger charge is 2.07. The van der Waals surface area contributed by atoms with Gasteiger partial charge in [0.25, 0.3) is 0 Å². The summed E-state index contributed by atoms with van der Waals surface area (Å²) in [6.45, 7) is 3.78. The van der Waals surface area contributed by atoms with E-state index in [-0.39, 0.29) is 0 Å². The van der Waals surface area contributed by atoms with Crippen LogP contribution in [0, 0.1) is 0 Å². The molecule has 0 atom stereocenters. The second kappa shape index (κ2) is 8.96. The van der Waals surface area contributed by atoms with Gasteiger partial charge in [-0.15, -0.1) is 0 Å². The molecule has 0 fully saturated rings. The average molecular weight is 330 g/mol. The van der Waals surface area contributed by atoms with Gasteiger partial charge in [-0.2, -0.15) is 4.98 Å². The van der Waals surface area contributed by atoms with Crippen molar-refractivity contribution in [1.29, 1.82) is 0 Å². The molecule has 0 aliphatic carbocycles. The van der Waals surface area contributed by atoms with Gasteiger partial charge in [0, 0.05) is 26.3 Å². The van der Waals surface area contributed by atoms with E-state index in [1.807, 2.05) is 31.3 Å². The number of rotatable bonds is 9. The molecule has 1 aromatic heterocycles. The third-order valence-electron chi connectivity index (χ3n) is 3.75. The van der Waals surface area contributed by atoms with E-state index in [1.54, 1.807) is 20.4 Å². The lowest BCUT2D eigenvalue weighted by Crippen LogP contribution is -2.21. The lowest BCUT2D eigenvalue weighted by atomic mass is 10.2. The Hall–Kier alpha value is -2.50. The van der Waals surface area contributed by atoms with Crippen molar-refractivity contribution in [2.75, 3.05) is 38.0 Å². The second-order valence-electron chi connectivity index (χ2n) is 5.56. The Morgan fingerprint density at radius 3 is 2.62 bits per heavy atom. The van der Waals surface area contributed by atoms with Crippen molar-refractivity contribution < 1.29 is 9.47 Å². The maximum Gasteiger partial charge on any atom is 0.226 e. The van der Waals surface area contributed by atoms with Crippen LogP contribution in [0.1, 0.15) is 25.3 Å². The van der Waals surface area contributed by atoms with Crippen molar-refractivity contribution in [2.45, 2.75) is 26.3 Å². The summed E-state index contributed by atoms with van der Waals surface area (Å²) in [5, 5.41) is 3.33. The molecule has 0 aliphatic heterocycles. The van der Waals surface area contributed by atoms with E-state index in [9.17, 15) is 0 Å². The summed E-state index contributed by atoms with van der Waals surface area (Å²) in [5.74, 6) is 2.99. The standard InChI is InChI=1S/C18H26N4O2/c1-5-6-11-22(2)18-19-10-9-17(21-18)20-13-14-7-8-15(23-3)16(12-14)24-4/h7-10,12H,5-6,11,13H2,1-4H3,(H,19,20,21). The second-order valence-corrected chi connectivity index (χ2v) is 5.56. The van der Waals surface area contributed by atoms with Crippen LogP contribution in [0.3, 0.4) is 0 Å². The number of anilines is 2. The van der Waals surface area contributed by atoms with Gasteiger partial charge in [0.2, 0.25) is 5.95 Å². The quantitative estimate of drug-likeness (QED) is 0.761. The molecule has 1 heterocycles.